The molecule has 8 heteroatoms. The third-order valence-corrected chi connectivity index (χ3v) is 4.87. The van der Waals surface area contributed by atoms with Crippen LogP contribution in [-0.2, 0) is 9.53 Å². The fraction of sp³-hybridized carbons (Fsp3) is 0.238. The molecule has 2 aromatic rings. The van der Waals surface area contributed by atoms with Crippen LogP contribution in [0.5, 0.6) is 11.5 Å². The molecule has 2 aromatic carbocycles. The van der Waals surface area contributed by atoms with E-state index in [0.29, 0.717) is 5.75 Å². The van der Waals surface area contributed by atoms with Crippen LogP contribution in [0.4, 0.5) is 4.39 Å². The van der Waals surface area contributed by atoms with Crippen LogP contribution in [0.2, 0.25) is 10.0 Å². The number of hydrogen-bond donors (Lipinski definition) is 0. The van der Waals surface area contributed by atoms with Crippen molar-refractivity contribution in [3.63, 3.8) is 0 Å². The molecule has 1 unspecified atom stereocenters. The number of methoxy groups -OCH3 is 2. The molecule has 0 aliphatic rings. The molecule has 1 atom stereocenters. The normalized spacial score (nSPS) is 11.5. The van der Waals surface area contributed by atoms with Gasteiger partial charge in [-0.3, -0.25) is 4.79 Å². The summed E-state index contributed by atoms with van der Waals surface area (Å²) in [5, 5.41) is -0.0158. The number of Topliss-reactive ketones (excluding diaryl/α,β-unsaturated/α-hetero) is 1. The van der Waals surface area contributed by atoms with Gasteiger partial charge in [0, 0.05) is 22.2 Å². The van der Waals surface area contributed by atoms with E-state index in [4.69, 9.17) is 37.4 Å². The highest BCUT2D eigenvalue weighted by molar-refractivity contribution is 6.36. The zero-order chi connectivity index (χ0) is 21.7. The van der Waals surface area contributed by atoms with Crippen molar-refractivity contribution in [2.75, 3.05) is 20.8 Å². The highest BCUT2D eigenvalue weighted by atomic mass is 35.5. The fourth-order valence-electron chi connectivity index (χ4n) is 2.74. The molecule has 154 valence electrons. The number of ketones is 1. The SMILES string of the molecule is C=C(C(=O)OCC)C(C(=O)c1cc(OC)cc(OC)c1Cl)c1ccc(F)cc1Cl. The van der Waals surface area contributed by atoms with Crippen molar-refractivity contribution in [3.05, 3.63) is 69.5 Å². The monoisotopic (exact) mass is 440 g/mol. The van der Waals surface area contributed by atoms with Crippen LogP contribution in [0, 0.1) is 5.82 Å². The minimum atomic E-state index is -1.25. The summed E-state index contributed by atoms with van der Waals surface area (Å²) in [6.45, 7) is 5.43. The molecule has 0 saturated carbocycles. The van der Waals surface area contributed by atoms with E-state index in [-0.39, 0.29) is 39.1 Å². The number of carbonyl (C=O) groups excluding carboxylic acids is 2. The largest absolute Gasteiger partial charge is 0.497 e. The fourth-order valence-corrected chi connectivity index (χ4v) is 3.29. The number of halogens is 3. The van der Waals surface area contributed by atoms with Crippen LogP contribution < -0.4 is 9.47 Å². The molecule has 29 heavy (non-hydrogen) atoms. The van der Waals surface area contributed by atoms with Crippen LogP contribution in [0.1, 0.15) is 28.8 Å². The molecule has 0 radical (unpaired) electrons. The molecule has 2 rings (SSSR count). The second kappa shape index (κ2) is 9.76. The molecule has 0 aliphatic heterocycles. The zero-order valence-electron chi connectivity index (χ0n) is 16.1. The number of rotatable bonds is 8. The Bertz CT molecular complexity index is 958. The third kappa shape index (κ3) is 4.89. The Balaban J connectivity index is 2.67. The summed E-state index contributed by atoms with van der Waals surface area (Å²) >= 11 is 12.5. The Morgan fingerprint density at radius 1 is 1.14 bits per heavy atom. The van der Waals surface area contributed by atoms with Gasteiger partial charge in [-0.1, -0.05) is 35.8 Å². The summed E-state index contributed by atoms with van der Waals surface area (Å²) < 4.78 is 28.9. The molecule has 0 amide bonds. The summed E-state index contributed by atoms with van der Waals surface area (Å²) in [5.74, 6) is -2.69. The third-order valence-electron chi connectivity index (χ3n) is 4.16. The number of carbonyl (C=O) groups is 2. The molecule has 0 heterocycles. The Morgan fingerprint density at radius 3 is 2.38 bits per heavy atom. The maximum atomic E-state index is 13.5. The van der Waals surface area contributed by atoms with Gasteiger partial charge in [-0.2, -0.15) is 0 Å². The minimum Gasteiger partial charge on any atom is -0.497 e. The first-order valence-corrected chi connectivity index (χ1v) is 9.27. The predicted octanol–water partition coefficient (Wildman–Crippen LogP) is 5.24. The summed E-state index contributed by atoms with van der Waals surface area (Å²) in [5.41, 5.74) is 0.0518. The van der Waals surface area contributed by atoms with Crippen LogP contribution in [0.3, 0.4) is 0 Å². The van der Waals surface area contributed by atoms with Crippen molar-refractivity contribution in [2.24, 2.45) is 0 Å². The molecule has 0 fully saturated rings. The predicted molar refractivity (Wildman–Crippen MR) is 109 cm³/mol. The van der Waals surface area contributed by atoms with Gasteiger partial charge in [-0.15, -0.1) is 0 Å². The van der Waals surface area contributed by atoms with Gasteiger partial charge in [0.1, 0.15) is 17.3 Å². The topological polar surface area (TPSA) is 61.8 Å². The summed E-state index contributed by atoms with van der Waals surface area (Å²) in [4.78, 5) is 25.8. The number of hydrogen-bond acceptors (Lipinski definition) is 5. The second-order valence-corrected chi connectivity index (χ2v) is 6.69. The molecule has 0 aromatic heterocycles. The molecule has 5 nitrogen and oxygen atoms in total. The molecule has 0 N–H and O–H groups in total. The van der Waals surface area contributed by atoms with E-state index >= 15 is 0 Å². The van der Waals surface area contributed by atoms with Crippen LogP contribution in [-0.4, -0.2) is 32.6 Å². The van der Waals surface area contributed by atoms with Gasteiger partial charge in [-0.05, 0) is 30.7 Å². The summed E-state index contributed by atoms with van der Waals surface area (Å²) in [6.07, 6.45) is 0. The molecular formula is C21H19Cl2FO5. The van der Waals surface area contributed by atoms with E-state index in [9.17, 15) is 14.0 Å². The van der Waals surface area contributed by atoms with Crippen molar-refractivity contribution < 1.29 is 28.2 Å². The molecule has 0 bridgehead atoms. The lowest BCUT2D eigenvalue weighted by molar-refractivity contribution is -0.138. The minimum absolute atomic E-state index is 0.0261. The first kappa shape index (κ1) is 22.7. The van der Waals surface area contributed by atoms with Crippen molar-refractivity contribution >= 4 is 35.0 Å². The lowest BCUT2D eigenvalue weighted by atomic mass is 9.84. The average Bonchev–Trinajstić information content (AvgIpc) is 2.69. The summed E-state index contributed by atoms with van der Waals surface area (Å²) in [6, 6.07) is 6.42. The number of ether oxygens (including phenoxy) is 3. The van der Waals surface area contributed by atoms with Crippen molar-refractivity contribution in [3.8, 4) is 11.5 Å². The van der Waals surface area contributed by atoms with E-state index in [1.54, 1.807) is 6.92 Å². The quantitative estimate of drug-likeness (QED) is 0.319. The van der Waals surface area contributed by atoms with Gasteiger partial charge < -0.3 is 14.2 Å². The highest BCUT2D eigenvalue weighted by Gasteiger charge is 2.33. The number of esters is 1. The first-order chi connectivity index (χ1) is 13.7. The van der Waals surface area contributed by atoms with Crippen LogP contribution >= 0.6 is 23.2 Å². The van der Waals surface area contributed by atoms with Gasteiger partial charge >= 0.3 is 5.97 Å². The molecular weight excluding hydrogens is 422 g/mol. The van der Waals surface area contributed by atoms with Gasteiger partial charge in [0.25, 0.3) is 0 Å². The van der Waals surface area contributed by atoms with E-state index in [1.807, 2.05) is 0 Å². The van der Waals surface area contributed by atoms with E-state index in [0.717, 1.165) is 12.1 Å². The van der Waals surface area contributed by atoms with Crippen molar-refractivity contribution in [2.45, 2.75) is 12.8 Å². The van der Waals surface area contributed by atoms with Crippen molar-refractivity contribution in [1.82, 2.24) is 0 Å². The van der Waals surface area contributed by atoms with E-state index < -0.39 is 23.5 Å². The lowest BCUT2D eigenvalue weighted by Crippen LogP contribution is -2.22. The Morgan fingerprint density at radius 2 is 1.83 bits per heavy atom. The van der Waals surface area contributed by atoms with Gasteiger partial charge in [-0.25, -0.2) is 9.18 Å². The Labute approximate surface area is 178 Å². The second-order valence-electron chi connectivity index (χ2n) is 5.90. The van der Waals surface area contributed by atoms with E-state index in [2.05, 4.69) is 6.58 Å². The standard InChI is InChI=1S/C21H19Cl2FO5/c1-5-29-21(26)11(2)18(14-7-6-12(24)8-16(14)22)20(25)15-9-13(27-3)10-17(28-4)19(15)23/h6-10,18H,2,5H2,1,3-4H3. The first-order valence-electron chi connectivity index (χ1n) is 8.51. The maximum Gasteiger partial charge on any atom is 0.334 e. The smallest absolute Gasteiger partial charge is 0.334 e. The van der Waals surface area contributed by atoms with Gasteiger partial charge in [0.2, 0.25) is 0 Å². The molecule has 0 spiro atoms. The molecule has 0 aliphatic carbocycles. The van der Waals surface area contributed by atoms with Crippen molar-refractivity contribution in [1.29, 1.82) is 0 Å². The van der Waals surface area contributed by atoms with Gasteiger partial charge in [0.05, 0.1) is 31.8 Å². The average molecular weight is 441 g/mol. The highest BCUT2D eigenvalue weighted by Crippen LogP contribution is 2.39. The Kier molecular flexibility index (Phi) is 7.65. The zero-order valence-corrected chi connectivity index (χ0v) is 17.6. The summed E-state index contributed by atoms with van der Waals surface area (Å²) in [7, 11) is 2.81. The van der Waals surface area contributed by atoms with Crippen LogP contribution in [0.25, 0.3) is 0 Å². The Hall–Kier alpha value is -2.57. The maximum absolute atomic E-state index is 13.5. The lowest BCUT2D eigenvalue weighted by Gasteiger charge is -2.21. The van der Waals surface area contributed by atoms with Crippen LogP contribution in [0.15, 0.2) is 42.5 Å². The van der Waals surface area contributed by atoms with Gasteiger partial charge in [0.15, 0.2) is 5.78 Å². The molecule has 0 saturated heterocycles. The van der Waals surface area contributed by atoms with E-state index in [1.165, 1.54) is 32.4 Å². The number of benzene rings is 2.